The molecule has 2 aromatic rings. The van der Waals surface area contributed by atoms with Crippen LogP contribution in [0.15, 0.2) is 60.7 Å². The second-order valence-electron chi connectivity index (χ2n) is 46.9. The van der Waals surface area contributed by atoms with Gasteiger partial charge < -0.3 is 105 Å². The highest BCUT2D eigenvalue weighted by Gasteiger charge is 2.65. The van der Waals surface area contributed by atoms with E-state index in [0.29, 0.717) is 161 Å². The van der Waals surface area contributed by atoms with E-state index < -0.39 is 63.8 Å². The summed E-state index contributed by atoms with van der Waals surface area (Å²) in [5.41, 5.74) is -0.780. The zero-order valence-corrected chi connectivity index (χ0v) is 90.5. The number of fused-ring (bicyclic) bond motifs is 2. The van der Waals surface area contributed by atoms with Gasteiger partial charge in [-0.05, 0) is 279 Å². The van der Waals surface area contributed by atoms with Crippen LogP contribution in [0.1, 0.15) is 322 Å². The molecule has 35 nitrogen and oxygen atoms in total. The Bertz CT molecular complexity index is 4480. The molecular weight excluding hydrogens is 1870 g/mol. The van der Waals surface area contributed by atoms with Crippen LogP contribution in [-0.2, 0) is 123 Å². The first-order valence-electron chi connectivity index (χ1n) is 53.6. The van der Waals surface area contributed by atoms with Crippen LogP contribution in [0.2, 0.25) is 0 Å². The number of cyclic esters (lactones) is 1. The molecule has 17 rings (SSSR count). The van der Waals surface area contributed by atoms with Crippen LogP contribution in [-0.4, -0.2) is 270 Å². The minimum atomic E-state index is -1.22. The SMILES string of the molecule is CC(C)(C)OC(=O)N1CCC2C(=O)OC(C)(C)OC2C1.CC(C)(C)OC(=O)N1CCC2C(=O)OC3(OC2C1)C1CC2CC(C1)CC3C2.CC(C)CC(C(=O)OCc1ccccc1)N(C)C(=O)OCc1ccccc1.CCC1(OC(=O)C2CCN(C(=O)OC(C)(C)C)CC2)CCCC1.CCC1(OC(=O)C2CCN(C(=O)OC3(C)CCCC3)CC2)CCCO1.COC1(OC(=O)C2CCN(C(=O)OC(C)(C)C)CC2)CCCO1. The monoisotopic (exact) mass is 2040 g/mol. The van der Waals surface area contributed by atoms with E-state index in [-0.39, 0.29) is 132 Å². The van der Waals surface area contributed by atoms with Crippen molar-refractivity contribution in [3.8, 4) is 0 Å². The van der Waals surface area contributed by atoms with Gasteiger partial charge in [0.2, 0.25) is 17.4 Å². The standard InChI is InChI=1S/C22H27NO4.C21H31NO5.C19H31NO5.C18H31NO4.C16H27NO6.C14H23NO5/c1-17(2)14-20(21(24)26-15-18-10-6-4-7-11-18)23(3)22(25)27-16-19-12-8-5-9-13-19;1-20(2,3)27-19(24)22-5-4-16-17(11-22)25-21(26-18(16)23)14-7-12-6-13(9-14)10-15(21)8-12;1-3-19(11-6-14-23-19)24-16(21)15-7-12-20(13-8-15)17(22)25-18(2)9-4-5-10-18;1-5-18(10-6-7-11-18)22-15(20)14-8-12-19(13-9-14)16(21)23-17(2,3)4;1-15(2,3)23-14(19)17-9-6-12(7-10-17)13(18)22-16(20-4)8-5-11-21-16;1-13(2,3)20-12(17)15-7-6-9-10(8-15)18-14(4,5)19-11(9)16/h4-13,17,20H,14-16H2,1-3H3;12-17H,4-11H2,1-3H3;15H,3-14H2,1-2H3;14H,5-13H2,1-4H3;12H,5-11H2,1-4H3;9-10H,6-8H2,1-5H3. The molecule has 2 aromatic carbocycles. The number of hydrogen-bond acceptors (Lipinski definition) is 29. The molecule has 0 radical (unpaired) electrons. The van der Waals surface area contributed by atoms with Crippen LogP contribution in [0.4, 0.5) is 28.8 Å². The molecule has 145 heavy (non-hydrogen) atoms. The number of benzene rings is 2. The molecule has 0 aromatic heterocycles. The molecule has 1 spiro atoms. The molecule has 15 aliphatic rings. The minimum absolute atomic E-state index is 0.0717. The molecule has 6 aliphatic carbocycles. The van der Waals surface area contributed by atoms with Gasteiger partial charge in [-0.3, -0.25) is 28.9 Å². The van der Waals surface area contributed by atoms with Gasteiger partial charge in [-0.25, -0.2) is 33.6 Å². The number of ether oxygens (including phenoxy) is 17. The van der Waals surface area contributed by atoms with Crippen molar-refractivity contribution in [3.63, 3.8) is 0 Å². The first-order valence-corrected chi connectivity index (χ1v) is 53.6. The van der Waals surface area contributed by atoms with Crippen molar-refractivity contribution in [3.05, 3.63) is 71.8 Å². The molecule has 35 heteroatoms. The van der Waals surface area contributed by atoms with Crippen LogP contribution in [0.5, 0.6) is 0 Å². The van der Waals surface area contributed by atoms with Crippen molar-refractivity contribution in [1.29, 1.82) is 0 Å². The average Bonchev–Trinajstić information content (AvgIpc) is 1.38. The molecule has 814 valence electrons. The second kappa shape index (κ2) is 50.3. The van der Waals surface area contributed by atoms with E-state index in [4.69, 9.17) is 80.5 Å². The summed E-state index contributed by atoms with van der Waals surface area (Å²) in [6.45, 7) is 42.2. The fourth-order valence-electron chi connectivity index (χ4n) is 22.0. The van der Waals surface area contributed by atoms with E-state index >= 15 is 0 Å². The van der Waals surface area contributed by atoms with Gasteiger partial charge in [-0.2, -0.15) is 0 Å². The Kier molecular flexibility index (Phi) is 40.3. The molecule has 6 saturated carbocycles. The Balaban J connectivity index is 0.000000166. The fraction of sp³-hybridized carbons (Fsp3) is 0.782. The summed E-state index contributed by atoms with van der Waals surface area (Å²) in [7, 11) is 3.05. The molecule has 4 bridgehead atoms. The Morgan fingerprint density at radius 2 is 0.841 bits per heavy atom. The number of hydrogen-bond donors (Lipinski definition) is 0. The summed E-state index contributed by atoms with van der Waals surface area (Å²) in [5, 5.41) is 0. The third kappa shape index (κ3) is 33.6. The first kappa shape index (κ1) is 116. The predicted molar refractivity (Wildman–Crippen MR) is 533 cm³/mol. The third-order valence-electron chi connectivity index (χ3n) is 29.8. The van der Waals surface area contributed by atoms with E-state index in [1.165, 1.54) is 18.4 Å². The van der Waals surface area contributed by atoms with Crippen molar-refractivity contribution in [1.82, 2.24) is 29.4 Å². The molecular formula is C110H170N6O29. The Hall–Kier alpha value is -9.32. The van der Waals surface area contributed by atoms with Crippen molar-refractivity contribution < 1.29 is 138 Å². The summed E-state index contributed by atoms with van der Waals surface area (Å²) >= 11 is 0. The number of amides is 6. The number of methoxy groups -OCH3 is 1. The maximum absolute atomic E-state index is 12.9. The van der Waals surface area contributed by atoms with E-state index in [9.17, 15) is 57.5 Å². The maximum atomic E-state index is 12.9. The number of nitrogens with zero attached hydrogens (tertiary/aromatic N) is 6. The van der Waals surface area contributed by atoms with Gasteiger partial charge in [0.05, 0.1) is 68.1 Å². The topological polar surface area (TPSA) is 381 Å². The maximum Gasteiger partial charge on any atom is 0.410 e. The van der Waals surface area contributed by atoms with Gasteiger partial charge in [-0.15, -0.1) is 0 Å². The van der Waals surface area contributed by atoms with Crippen molar-refractivity contribution in [2.75, 3.05) is 92.8 Å². The quantitative estimate of drug-likeness (QED) is 0.0760. The number of esters is 6. The lowest BCUT2D eigenvalue weighted by molar-refractivity contribution is -0.365. The third-order valence-corrected chi connectivity index (χ3v) is 29.8. The molecule has 15 fully saturated rings. The van der Waals surface area contributed by atoms with Gasteiger partial charge in [0, 0.05) is 111 Å². The Labute approximate surface area is 859 Å². The lowest BCUT2D eigenvalue weighted by Crippen LogP contribution is -2.68. The lowest BCUT2D eigenvalue weighted by Gasteiger charge is -2.62. The normalized spacial score (nSPS) is 27.5. The van der Waals surface area contributed by atoms with Gasteiger partial charge in [0.1, 0.15) is 52.9 Å². The van der Waals surface area contributed by atoms with E-state index in [2.05, 4.69) is 6.92 Å². The smallest absolute Gasteiger partial charge is 0.410 e. The summed E-state index contributed by atoms with van der Waals surface area (Å²) in [5.74, 6) is -3.55. The average molecular weight is 2040 g/mol. The zero-order valence-electron chi connectivity index (χ0n) is 90.5. The molecule has 7 atom stereocenters. The van der Waals surface area contributed by atoms with Crippen molar-refractivity contribution >= 4 is 72.4 Å². The number of likely N-dealkylation sites (tertiary alicyclic amines) is 5. The Morgan fingerprint density at radius 1 is 0.441 bits per heavy atom. The largest absolute Gasteiger partial charge is 0.459 e. The van der Waals surface area contributed by atoms with E-state index in [0.717, 1.165) is 126 Å². The van der Waals surface area contributed by atoms with Gasteiger partial charge in [0.25, 0.3) is 0 Å². The second-order valence-corrected chi connectivity index (χ2v) is 46.9. The van der Waals surface area contributed by atoms with Crippen LogP contribution < -0.4 is 0 Å². The van der Waals surface area contributed by atoms with Gasteiger partial charge >= 0.3 is 78.3 Å². The predicted octanol–water partition coefficient (Wildman–Crippen LogP) is 19.5. The molecule has 9 heterocycles. The van der Waals surface area contributed by atoms with Crippen LogP contribution in [0, 0.1) is 59.2 Å². The van der Waals surface area contributed by atoms with Crippen LogP contribution >= 0.6 is 0 Å². The number of carbonyl (C=O) groups is 12. The van der Waals surface area contributed by atoms with E-state index in [1.54, 1.807) is 45.4 Å². The highest BCUT2D eigenvalue weighted by molar-refractivity contribution is 5.82. The lowest BCUT2D eigenvalue weighted by atomic mass is 9.53. The van der Waals surface area contributed by atoms with E-state index in [1.807, 2.05) is 171 Å². The molecule has 0 N–H and O–H groups in total. The number of carbonyl (C=O) groups excluding carboxylic acids is 12. The number of rotatable bonds is 18. The van der Waals surface area contributed by atoms with Gasteiger partial charge in [0.15, 0.2) is 0 Å². The highest BCUT2D eigenvalue weighted by atomic mass is 16.9. The fourth-order valence-corrected chi connectivity index (χ4v) is 22.0. The first-order chi connectivity index (χ1) is 68.2. The number of piperidine rings is 5. The summed E-state index contributed by atoms with van der Waals surface area (Å²) in [4.78, 5) is 158. The Morgan fingerprint density at radius 3 is 1.26 bits per heavy atom. The minimum Gasteiger partial charge on any atom is -0.459 e. The summed E-state index contributed by atoms with van der Waals surface area (Å²) in [6, 6.07) is 18.2. The molecule has 9 saturated heterocycles. The van der Waals surface area contributed by atoms with Gasteiger partial charge in [-0.1, -0.05) is 88.4 Å². The number of likely N-dealkylation sites (N-methyl/N-ethyl adjacent to an activating group) is 1. The zero-order chi connectivity index (χ0) is 106. The van der Waals surface area contributed by atoms with Crippen molar-refractivity contribution in [2.45, 2.75) is 400 Å². The molecule has 9 aliphatic heterocycles. The summed E-state index contributed by atoms with van der Waals surface area (Å²) < 4.78 is 95.2. The van der Waals surface area contributed by atoms with Crippen LogP contribution in [0.3, 0.4) is 0 Å². The highest BCUT2D eigenvalue weighted by Crippen LogP contribution is 2.62. The molecule has 7 unspecified atom stereocenters. The van der Waals surface area contributed by atoms with Crippen molar-refractivity contribution in [2.24, 2.45) is 59.2 Å². The summed E-state index contributed by atoms with van der Waals surface area (Å²) in [6.07, 6.45) is 21.5. The van der Waals surface area contributed by atoms with Crippen LogP contribution in [0.25, 0.3) is 0 Å². The molecule has 6 amide bonds.